The maximum Gasteiger partial charge on any atom is 0.245 e. The second kappa shape index (κ2) is 5.05. The Morgan fingerprint density at radius 1 is 1.56 bits per heavy atom. The third-order valence-electron chi connectivity index (χ3n) is 1.94. The first-order valence-electron chi connectivity index (χ1n) is 4.56. The zero-order valence-corrected chi connectivity index (χ0v) is 9.54. The quantitative estimate of drug-likeness (QED) is 0.736. The minimum absolute atomic E-state index is 0.0463. The van der Waals surface area contributed by atoms with Crippen molar-refractivity contribution in [3.8, 4) is 12.3 Å². The summed E-state index contributed by atoms with van der Waals surface area (Å²) in [7, 11) is -3.75. The van der Waals surface area contributed by atoms with Crippen molar-refractivity contribution >= 4 is 10.0 Å². The van der Waals surface area contributed by atoms with Crippen LogP contribution in [-0.4, -0.2) is 30.8 Å². The fraction of sp³-hybridized carbons (Fsp3) is 0.300. The van der Waals surface area contributed by atoms with Crippen LogP contribution < -0.4 is 0 Å². The maximum atomic E-state index is 12.9. The summed E-state index contributed by atoms with van der Waals surface area (Å²) >= 11 is 0. The van der Waals surface area contributed by atoms with Gasteiger partial charge in [-0.05, 0) is 6.07 Å². The van der Waals surface area contributed by atoms with Crippen molar-refractivity contribution in [2.45, 2.75) is 11.8 Å². The predicted octanol–water partition coefficient (Wildman–Crippen LogP) is 0.865. The number of rotatable bonds is 4. The highest BCUT2D eigenvalue weighted by molar-refractivity contribution is 7.89. The van der Waals surface area contributed by atoms with Crippen LogP contribution in [0, 0.1) is 18.2 Å². The van der Waals surface area contributed by atoms with Crippen molar-refractivity contribution < 1.29 is 12.8 Å². The molecular formula is C10H11FN2O2S. The van der Waals surface area contributed by atoms with E-state index in [1.165, 1.54) is 0 Å². The highest BCUT2D eigenvalue weighted by Gasteiger charge is 2.22. The third-order valence-corrected chi connectivity index (χ3v) is 3.82. The largest absolute Gasteiger partial charge is 0.260 e. The van der Waals surface area contributed by atoms with Crippen LogP contribution in [0.3, 0.4) is 0 Å². The van der Waals surface area contributed by atoms with Crippen molar-refractivity contribution in [2.75, 3.05) is 13.1 Å². The van der Waals surface area contributed by atoms with E-state index in [1.54, 1.807) is 6.92 Å². The molecule has 0 saturated carbocycles. The molecule has 1 aromatic rings. The molecule has 0 aliphatic carbocycles. The molecule has 0 aromatic carbocycles. The molecule has 0 amide bonds. The summed E-state index contributed by atoms with van der Waals surface area (Å²) in [5, 5.41) is 0. The molecule has 0 fully saturated rings. The summed E-state index contributed by atoms with van der Waals surface area (Å²) in [5.41, 5.74) is 0. The van der Waals surface area contributed by atoms with Gasteiger partial charge in [-0.2, -0.15) is 4.31 Å². The van der Waals surface area contributed by atoms with E-state index in [1.807, 2.05) is 0 Å². The molecule has 1 rings (SSSR count). The zero-order valence-electron chi connectivity index (χ0n) is 8.72. The minimum atomic E-state index is -3.75. The second-order valence-electron chi connectivity index (χ2n) is 2.97. The normalized spacial score (nSPS) is 11.4. The highest BCUT2D eigenvalue weighted by atomic mass is 32.2. The molecule has 1 heterocycles. The van der Waals surface area contributed by atoms with Crippen LogP contribution >= 0.6 is 0 Å². The molecule has 0 spiro atoms. The van der Waals surface area contributed by atoms with Gasteiger partial charge in [0, 0.05) is 12.7 Å². The Morgan fingerprint density at radius 3 is 2.75 bits per heavy atom. The molecule has 4 nitrogen and oxygen atoms in total. The number of terminal acetylenes is 1. The molecule has 0 saturated heterocycles. The van der Waals surface area contributed by atoms with Crippen molar-refractivity contribution in [2.24, 2.45) is 0 Å². The summed E-state index contributed by atoms with van der Waals surface area (Å²) < 4.78 is 37.8. The predicted molar refractivity (Wildman–Crippen MR) is 57.5 cm³/mol. The lowest BCUT2D eigenvalue weighted by molar-refractivity contribution is 0.463. The Hall–Kier alpha value is -1.45. The average molecular weight is 242 g/mol. The molecule has 0 N–H and O–H groups in total. The summed E-state index contributed by atoms with van der Waals surface area (Å²) in [5.74, 6) is 1.55. The summed E-state index contributed by atoms with van der Waals surface area (Å²) in [4.78, 5) is 3.30. The van der Waals surface area contributed by atoms with Crippen molar-refractivity contribution in [1.29, 1.82) is 0 Å². The van der Waals surface area contributed by atoms with Gasteiger partial charge in [0.25, 0.3) is 0 Å². The smallest absolute Gasteiger partial charge is 0.245 e. The van der Waals surface area contributed by atoms with Gasteiger partial charge >= 0.3 is 0 Å². The van der Waals surface area contributed by atoms with Crippen LogP contribution in [0.4, 0.5) is 4.39 Å². The minimum Gasteiger partial charge on any atom is -0.260 e. The molecule has 1 aromatic heterocycles. The van der Waals surface area contributed by atoms with Crippen LogP contribution in [0.5, 0.6) is 0 Å². The van der Waals surface area contributed by atoms with Gasteiger partial charge in [-0.1, -0.05) is 12.8 Å². The lowest BCUT2D eigenvalue weighted by Gasteiger charge is -2.17. The summed E-state index contributed by atoms with van der Waals surface area (Å²) in [6.45, 7) is 1.83. The Bertz CT molecular complexity index is 508. The fourth-order valence-electron chi connectivity index (χ4n) is 1.15. The Kier molecular flexibility index (Phi) is 3.99. The molecule has 0 radical (unpaired) electrons. The Labute approximate surface area is 94.2 Å². The first kappa shape index (κ1) is 12.6. The molecule has 16 heavy (non-hydrogen) atoms. The van der Waals surface area contributed by atoms with Crippen LogP contribution in [-0.2, 0) is 10.0 Å². The second-order valence-corrected chi connectivity index (χ2v) is 4.91. The van der Waals surface area contributed by atoms with Crippen LogP contribution in [0.25, 0.3) is 0 Å². The van der Waals surface area contributed by atoms with Crippen molar-refractivity contribution in [1.82, 2.24) is 9.29 Å². The SMILES string of the molecule is C#CCN(CC)S(=O)(=O)c1cncc(F)c1. The van der Waals surface area contributed by atoms with E-state index in [0.29, 0.717) is 0 Å². The number of pyridine rings is 1. The van der Waals surface area contributed by atoms with Crippen molar-refractivity contribution in [3.63, 3.8) is 0 Å². The molecule has 0 unspecified atom stereocenters. The zero-order chi connectivity index (χ0) is 12.2. The van der Waals surface area contributed by atoms with Gasteiger partial charge in [0.2, 0.25) is 10.0 Å². The molecule has 86 valence electrons. The Morgan fingerprint density at radius 2 is 2.25 bits per heavy atom. The number of aromatic nitrogens is 1. The first-order valence-corrected chi connectivity index (χ1v) is 6.00. The van der Waals surface area contributed by atoms with E-state index in [4.69, 9.17) is 6.42 Å². The van der Waals surface area contributed by atoms with Crippen LogP contribution in [0.2, 0.25) is 0 Å². The fourth-order valence-corrected chi connectivity index (χ4v) is 2.49. The van der Waals surface area contributed by atoms with Gasteiger partial charge in [0.1, 0.15) is 10.7 Å². The van der Waals surface area contributed by atoms with E-state index < -0.39 is 15.8 Å². The third kappa shape index (κ3) is 2.56. The number of sulfonamides is 1. The summed E-state index contributed by atoms with van der Waals surface area (Å²) in [6, 6.07) is 0.918. The van der Waals surface area contributed by atoms with E-state index in [2.05, 4.69) is 10.9 Å². The first-order chi connectivity index (χ1) is 7.52. The van der Waals surface area contributed by atoms with E-state index in [-0.39, 0.29) is 18.0 Å². The van der Waals surface area contributed by atoms with Crippen LogP contribution in [0.1, 0.15) is 6.92 Å². The van der Waals surface area contributed by atoms with E-state index >= 15 is 0 Å². The monoisotopic (exact) mass is 242 g/mol. The van der Waals surface area contributed by atoms with Gasteiger partial charge < -0.3 is 0 Å². The van der Waals surface area contributed by atoms with Crippen molar-refractivity contribution in [3.05, 3.63) is 24.3 Å². The van der Waals surface area contributed by atoms with Gasteiger partial charge in [0.15, 0.2) is 0 Å². The average Bonchev–Trinajstić information content (AvgIpc) is 2.25. The standard InChI is InChI=1S/C10H11FN2O2S/c1-3-5-13(4-2)16(14,15)10-6-9(11)7-12-8-10/h1,6-8H,4-5H2,2H3. The lowest BCUT2D eigenvalue weighted by Crippen LogP contribution is -2.31. The number of nitrogens with zero attached hydrogens (tertiary/aromatic N) is 2. The number of halogens is 1. The highest BCUT2D eigenvalue weighted by Crippen LogP contribution is 2.14. The molecule has 6 heteroatoms. The van der Waals surface area contributed by atoms with E-state index in [0.717, 1.165) is 22.8 Å². The maximum absolute atomic E-state index is 12.9. The van der Waals surface area contributed by atoms with Gasteiger partial charge in [-0.15, -0.1) is 6.42 Å². The summed E-state index contributed by atoms with van der Waals surface area (Å²) in [6.07, 6.45) is 7.10. The number of hydrogen-bond acceptors (Lipinski definition) is 3. The van der Waals surface area contributed by atoms with Gasteiger partial charge in [-0.3, -0.25) is 4.98 Å². The van der Waals surface area contributed by atoms with Crippen LogP contribution in [0.15, 0.2) is 23.4 Å². The van der Waals surface area contributed by atoms with E-state index in [9.17, 15) is 12.8 Å². The molecule has 0 aliphatic heterocycles. The van der Waals surface area contributed by atoms with Gasteiger partial charge in [0.05, 0.1) is 12.7 Å². The topological polar surface area (TPSA) is 50.3 Å². The lowest BCUT2D eigenvalue weighted by atomic mass is 10.5. The Balaban J connectivity index is 3.16. The molecule has 0 aliphatic rings. The molecule has 0 atom stereocenters. The molecular weight excluding hydrogens is 231 g/mol. The number of hydrogen-bond donors (Lipinski definition) is 0. The van der Waals surface area contributed by atoms with Gasteiger partial charge in [-0.25, -0.2) is 12.8 Å². The molecule has 0 bridgehead atoms.